The summed E-state index contributed by atoms with van der Waals surface area (Å²) in [7, 11) is 2.07. The highest BCUT2D eigenvalue weighted by atomic mass is 35.5. The lowest BCUT2D eigenvalue weighted by Crippen LogP contribution is -2.42. The maximum Gasteiger partial charge on any atom is 0.333 e. The van der Waals surface area contributed by atoms with Gasteiger partial charge in [0, 0.05) is 37.9 Å². The van der Waals surface area contributed by atoms with Gasteiger partial charge in [0.1, 0.15) is 12.7 Å². The molecule has 1 aliphatic heterocycles. The Morgan fingerprint density at radius 3 is 2.63 bits per heavy atom. The van der Waals surface area contributed by atoms with E-state index in [4.69, 9.17) is 21.1 Å². The number of halogens is 1. The van der Waals surface area contributed by atoms with Crippen molar-refractivity contribution in [1.82, 2.24) is 29.3 Å². The van der Waals surface area contributed by atoms with Crippen LogP contribution in [0, 0.1) is 12.8 Å². The maximum atomic E-state index is 13.8. The molecule has 11 heteroatoms. The number of carbonyl (C=O) groups excluding carboxylic acids is 1. The lowest BCUT2D eigenvalue weighted by Gasteiger charge is -2.29. The summed E-state index contributed by atoms with van der Waals surface area (Å²) in [5.41, 5.74) is 3.51. The first-order chi connectivity index (χ1) is 20.9. The van der Waals surface area contributed by atoms with Gasteiger partial charge in [0.15, 0.2) is 0 Å². The highest BCUT2D eigenvalue weighted by Gasteiger charge is 2.26. The third-order valence-corrected chi connectivity index (χ3v) is 8.70. The smallest absolute Gasteiger partial charge is 0.333 e. The van der Waals surface area contributed by atoms with Crippen LogP contribution in [0.25, 0.3) is 16.7 Å². The van der Waals surface area contributed by atoms with Crippen LogP contribution in [0.2, 0.25) is 5.02 Å². The molecule has 10 nitrogen and oxygen atoms in total. The van der Waals surface area contributed by atoms with Crippen molar-refractivity contribution in [2.24, 2.45) is 5.92 Å². The number of aryl methyl sites for hydroxylation is 1. The van der Waals surface area contributed by atoms with E-state index < -0.39 is 0 Å². The first-order valence-electron chi connectivity index (χ1n) is 14.9. The average molecular weight is 605 g/mol. The van der Waals surface area contributed by atoms with Gasteiger partial charge in [-0.05, 0) is 69.8 Å². The molecule has 1 saturated heterocycles. The van der Waals surface area contributed by atoms with Crippen molar-refractivity contribution in [3.63, 3.8) is 0 Å². The van der Waals surface area contributed by atoms with Gasteiger partial charge >= 0.3 is 5.69 Å². The molecular formula is C32H37ClN6O4. The molecule has 2 fully saturated rings. The molecule has 4 aromatic rings. The zero-order valence-corrected chi connectivity index (χ0v) is 25.3. The molecule has 0 unspecified atom stereocenters. The minimum atomic E-state index is -0.143. The number of fused-ring (bicyclic) bond motifs is 1. The Hall–Kier alpha value is -3.73. The Balaban J connectivity index is 1.11. The Morgan fingerprint density at radius 1 is 1.09 bits per heavy atom. The molecular weight excluding hydrogens is 568 g/mol. The number of carbonyl (C=O) groups is 1. The van der Waals surface area contributed by atoms with E-state index in [1.165, 1.54) is 0 Å². The Morgan fingerprint density at radius 2 is 1.88 bits per heavy atom. The summed E-state index contributed by atoms with van der Waals surface area (Å²) in [5, 5.41) is 3.60. The van der Waals surface area contributed by atoms with Crippen molar-refractivity contribution in [2.75, 3.05) is 33.4 Å². The number of amides is 1. The van der Waals surface area contributed by atoms with Gasteiger partial charge in [0.25, 0.3) is 5.91 Å². The van der Waals surface area contributed by atoms with E-state index >= 15 is 0 Å². The van der Waals surface area contributed by atoms with Gasteiger partial charge in [-0.15, -0.1) is 0 Å². The van der Waals surface area contributed by atoms with E-state index in [2.05, 4.69) is 27.2 Å². The second kappa shape index (κ2) is 12.9. The van der Waals surface area contributed by atoms with E-state index in [1.54, 1.807) is 36.0 Å². The van der Waals surface area contributed by atoms with Crippen LogP contribution in [0.4, 0.5) is 0 Å². The topological polar surface area (TPSA) is 104 Å². The minimum Gasteiger partial charge on any atom is -0.475 e. The van der Waals surface area contributed by atoms with Crippen molar-refractivity contribution < 1.29 is 14.3 Å². The van der Waals surface area contributed by atoms with Gasteiger partial charge in [-0.25, -0.2) is 9.78 Å². The van der Waals surface area contributed by atoms with Crippen molar-refractivity contribution in [3.8, 4) is 11.6 Å². The van der Waals surface area contributed by atoms with Crippen LogP contribution in [0.1, 0.15) is 41.7 Å². The summed E-state index contributed by atoms with van der Waals surface area (Å²) in [6.07, 6.45) is 6.78. The first-order valence-corrected chi connectivity index (χ1v) is 15.3. The second-order valence-corrected chi connectivity index (χ2v) is 12.1. The van der Waals surface area contributed by atoms with E-state index in [0.29, 0.717) is 53.5 Å². The van der Waals surface area contributed by atoms with Crippen molar-refractivity contribution in [3.05, 3.63) is 81.6 Å². The second-order valence-electron chi connectivity index (χ2n) is 11.6. The SMILES string of the molecule is Cc1ncc(Cl)cc1C(=O)N[C@H]1CC[C@H](Cn2c(=O)n(-c3ccc(OC[C@@H]4CN(C)CCO4)nc3)c3ccccc32)CC1. The van der Waals surface area contributed by atoms with Crippen LogP contribution in [0.3, 0.4) is 0 Å². The summed E-state index contributed by atoms with van der Waals surface area (Å²) in [4.78, 5) is 37.6. The largest absolute Gasteiger partial charge is 0.475 e. The molecule has 1 aliphatic carbocycles. The standard InChI is InChI=1S/C32H37ClN6O4/c1-21-27(15-23(33)16-34-21)31(40)36-24-9-7-22(8-10-24)18-38-28-5-3-4-6-29(28)39(32(38)41)25-11-12-30(35-17-25)43-20-26-19-37(2)13-14-42-26/h3-6,11-12,15-17,22,24,26H,7-10,13-14,18-20H2,1-2H3,(H,36,40)/t22-,24-,26-/m0/s1. The molecule has 1 aromatic carbocycles. The van der Waals surface area contributed by atoms with Gasteiger partial charge < -0.3 is 19.7 Å². The van der Waals surface area contributed by atoms with Crippen LogP contribution >= 0.6 is 11.6 Å². The zero-order chi connectivity index (χ0) is 29.9. The molecule has 43 heavy (non-hydrogen) atoms. The number of hydrogen-bond donors (Lipinski definition) is 1. The molecule has 226 valence electrons. The van der Waals surface area contributed by atoms with Crippen LogP contribution in [0.5, 0.6) is 5.88 Å². The minimum absolute atomic E-state index is 0.0108. The summed E-state index contributed by atoms with van der Waals surface area (Å²) in [6, 6.07) is 13.3. The number of rotatable bonds is 8. The average Bonchev–Trinajstić information content (AvgIpc) is 3.29. The monoisotopic (exact) mass is 604 g/mol. The first kappa shape index (κ1) is 29.3. The molecule has 6 rings (SSSR count). The van der Waals surface area contributed by atoms with Gasteiger partial charge in [0.05, 0.1) is 45.8 Å². The predicted octanol–water partition coefficient (Wildman–Crippen LogP) is 4.24. The van der Waals surface area contributed by atoms with Crippen molar-refractivity contribution >= 4 is 28.5 Å². The number of morpholine rings is 1. The van der Waals surface area contributed by atoms with Gasteiger partial charge in [-0.3, -0.25) is 18.9 Å². The fourth-order valence-corrected chi connectivity index (χ4v) is 6.28. The van der Waals surface area contributed by atoms with Gasteiger partial charge in [-0.1, -0.05) is 23.7 Å². The molecule has 2 aliphatic rings. The lowest BCUT2D eigenvalue weighted by atomic mass is 9.85. The normalized spacial score (nSPS) is 21.1. The number of nitrogens with zero attached hydrogens (tertiary/aromatic N) is 5. The number of ether oxygens (including phenoxy) is 2. The van der Waals surface area contributed by atoms with Gasteiger partial charge in [0.2, 0.25) is 5.88 Å². The number of imidazole rings is 1. The molecule has 1 saturated carbocycles. The van der Waals surface area contributed by atoms with E-state index in [0.717, 1.165) is 49.8 Å². The summed E-state index contributed by atoms with van der Waals surface area (Å²) in [6.45, 7) is 5.30. The molecule has 3 aromatic heterocycles. The van der Waals surface area contributed by atoms with Crippen molar-refractivity contribution in [1.29, 1.82) is 0 Å². The lowest BCUT2D eigenvalue weighted by molar-refractivity contribution is -0.0410. The molecule has 0 bridgehead atoms. The molecule has 1 amide bonds. The molecule has 0 radical (unpaired) electrons. The third-order valence-electron chi connectivity index (χ3n) is 8.49. The summed E-state index contributed by atoms with van der Waals surface area (Å²) >= 11 is 6.06. The number of hydrogen-bond acceptors (Lipinski definition) is 7. The Kier molecular flexibility index (Phi) is 8.78. The van der Waals surface area contributed by atoms with E-state index in [1.807, 2.05) is 34.9 Å². The summed E-state index contributed by atoms with van der Waals surface area (Å²) < 4.78 is 15.3. The number of likely N-dealkylation sites (N-methyl/N-ethyl adjacent to an activating group) is 1. The van der Waals surface area contributed by atoms with E-state index in [9.17, 15) is 9.59 Å². The zero-order valence-electron chi connectivity index (χ0n) is 24.5. The number of benzene rings is 1. The number of aromatic nitrogens is 4. The molecule has 4 heterocycles. The molecule has 1 N–H and O–H groups in total. The third kappa shape index (κ3) is 6.61. The van der Waals surface area contributed by atoms with Crippen LogP contribution < -0.4 is 15.7 Å². The molecule has 0 spiro atoms. The van der Waals surface area contributed by atoms with E-state index in [-0.39, 0.29) is 23.7 Å². The highest BCUT2D eigenvalue weighted by Crippen LogP contribution is 2.28. The van der Waals surface area contributed by atoms with Crippen LogP contribution in [-0.4, -0.2) is 75.4 Å². The quantitative estimate of drug-likeness (QED) is 0.321. The van der Waals surface area contributed by atoms with Gasteiger partial charge in [-0.2, -0.15) is 0 Å². The predicted molar refractivity (Wildman–Crippen MR) is 165 cm³/mol. The number of nitrogens with one attached hydrogen (secondary N) is 1. The Labute approximate surface area is 255 Å². The summed E-state index contributed by atoms with van der Waals surface area (Å²) in [5.74, 6) is 0.688. The van der Waals surface area contributed by atoms with Crippen LogP contribution in [-0.2, 0) is 11.3 Å². The highest BCUT2D eigenvalue weighted by molar-refractivity contribution is 6.30. The fourth-order valence-electron chi connectivity index (χ4n) is 6.12. The molecule has 1 atom stereocenters. The maximum absolute atomic E-state index is 13.8. The van der Waals surface area contributed by atoms with Crippen LogP contribution in [0.15, 0.2) is 59.7 Å². The Bertz CT molecular complexity index is 1640. The number of pyridine rings is 2. The van der Waals surface area contributed by atoms with Crippen molar-refractivity contribution in [2.45, 2.75) is 51.3 Å². The number of para-hydroxylation sites is 2. The fraction of sp³-hybridized carbons (Fsp3) is 0.438.